The molecule has 0 radical (unpaired) electrons. The van der Waals surface area contributed by atoms with Crippen LogP contribution in [0.5, 0.6) is 0 Å². The smallest absolute Gasteiger partial charge is 0.216 e. The van der Waals surface area contributed by atoms with E-state index in [2.05, 4.69) is 41.7 Å². The molecule has 0 bridgehead atoms. The highest BCUT2D eigenvalue weighted by Crippen LogP contribution is 2.47. The Labute approximate surface area is 383 Å². The second-order valence-electron chi connectivity index (χ2n) is 17.2. The van der Waals surface area contributed by atoms with Gasteiger partial charge in [0.1, 0.15) is 0 Å². The number of hydrogen-bond donors (Lipinski definition) is 2. The van der Waals surface area contributed by atoms with E-state index >= 15 is 0 Å². The predicted octanol–water partition coefficient (Wildman–Crippen LogP) is 8.44. The number of piperidine rings is 2. The monoisotopic (exact) mass is 932 g/mol. The van der Waals surface area contributed by atoms with Gasteiger partial charge < -0.3 is 11.1 Å². The highest BCUT2D eigenvalue weighted by Gasteiger charge is 2.37. The molecule has 2 fully saturated rings. The highest BCUT2D eigenvalue weighted by molar-refractivity contribution is 7.88. The van der Waals surface area contributed by atoms with Gasteiger partial charge in [-0.2, -0.15) is 0 Å². The van der Waals surface area contributed by atoms with E-state index in [1.54, 1.807) is 8.61 Å². The van der Waals surface area contributed by atoms with Crippen molar-refractivity contribution in [1.29, 1.82) is 0 Å². The number of hydrogen-bond acceptors (Lipinski definition) is 8. The Hall–Kier alpha value is -3.95. The average Bonchev–Trinajstić information content (AvgIpc) is 3.47. The molecule has 1 amide bonds. The SMILES string of the molecule is CC(=O)NCCCC1=Cc2cc(Cl)ccc2C(C2CCN(S(C)(=O)=O)CC2)c2ncccc21.CS(=O)(=O)N1CCC(C2c3ccc(Cl)cc3C=C(CCCN)c3cccnc32)CC1. The van der Waals surface area contributed by atoms with Gasteiger partial charge in [-0.05, 0) is 151 Å². The fourth-order valence-electron chi connectivity index (χ4n) is 9.89. The number of halogens is 2. The molecule has 2 aliphatic carbocycles. The molecule has 2 saturated heterocycles. The number of fused-ring (bicyclic) bond motifs is 4. The Morgan fingerprint density at radius 2 is 1.13 bits per heavy atom. The largest absolute Gasteiger partial charge is 0.356 e. The Morgan fingerprint density at radius 3 is 1.52 bits per heavy atom. The van der Waals surface area contributed by atoms with E-state index in [1.807, 2.05) is 48.8 Å². The minimum Gasteiger partial charge on any atom is -0.356 e. The third kappa shape index (κ3) is 11.3. The van der Waals surface area contributed by atoms with E-state index in [1.165, 1.54) is 47.3 Å². The zero-order chi connectivity index (χ0) is 44.9. The van der Waals surface area contributed by atoms with Gasteiger partial charge >= 0.3 is 0 Å². The number of carbonyl (C=O) groups excluding carboxylic acids is 1. The van der Waals surface area contributed by atoms with Crippen LogP contribution >= 0.6 is 23.2 Å². The molecule has 4 aromatic rings. The lowest BCUT2D eigenvalue weighted by Gasteiger charge is -2.35. The topological polar surface area (TPSA) is 156 Å². The molecule has 4 aliphatic rings. The van der Waals surface area contributed by atoms with Crippen LogP contribution in [0.15, 0.2) is 73.1 Å². The van der Waals surface area contributed by atoms with E-state index in [0.717, 1.165) is 79.4 Å². The summed E-state index contributed by atoms with van der Waals surface area (Å²) in [5, 5.41) is 4.28. The molecule has 2 aromatic heterocycles. The molecule has 0 spiro atoms. The molecule has 2 aliphatic heterocycles. The lowest BCUT2D eigenvalue weighted by atomic mass is 9.76. The molecule has 2 unspecified atom stereocenters. The maximum absolute atomic E-state index is 12.0. The molecule has 2 aromatic carbocycles. The van der Waals surface area contributed by atoms with Crippen molar-refractivity contribution in [3.63, 3.8) is 0 Å². The summed E-state index contributed by atoms with van der Waals surface area (Å²) >= 11 is 12.7. The van der Waals surface area contributed by atoms with Gasteiger partial charge in [0.2, 0.25) is 26.0 Å². The summed E-state index contributed by atoms with van der Waals surface area (Å²) in [6.45, 7) is 4.96. The van der Waals surface area contributed by atoms with Gasteiger partial charge in [-0.3, -0.25) is 14.8 Å². The van der Waals surface area contributed by atoms with Crippen molar-refractivity contribution < 1.29 is 21.6 Å². The maximum Gasteiger partial charge on any atom is 0.216 e. The number of nitrogens with zero attached hydrogens (tertiary/aromatic N) is 4. The molecule has 336 valence electrons. The second kappa shape index (κ2) is 20.5. The van der Waals surface area contributed by atoms with Crippen molar-refractivity contribution in [3.8, 4) is 0 Å². The summed E-state index contributed by atoms with van der Waals surface area (Å²) < 4.78 is 51.2. The molecule has 63 heavy (non-hydrogen) atoms. The molecular weight excluding hydrogens is 876 g/mol. The molecule has 4 heterocycles. The predicted molar refractivity (Wildman–Crippen MR) is 255 cm³/mol. The van der Waals surface area contributed by atoms with Crippen LogP contribution in [0.2, 0.25) is 10.0 Å². The van der Waals surface area contributed by atoms with Gasteiger partial charge in [0.05, 0.1) is 23.9 Å². The third-order valence-corrected chi connectivity index (χ3v) is 16.0. The molecular formula is C48H58Cl2N6O5S2. The molecule has 3 N–H and O–H groups in total. The molecule has 15 heteroatoms. The number of aromatic nitrogens is 2. The van der Waals surface area contributed by atoms with Gasteiger partial charge in [0.25, 0.3) is 0 Å². The number of carbonyl (C=O) groups is 1. The summed E-state index contributed by atoms with van der Waals surface area (Å²) in [5.74, 6) is 0.758. The van der Waals surface area contributed by atoms with Crippen LogP contribution < -0.4 is 11.1 Å². The Morgan fingerprint density at radius 1 is 0.698 bits per heavy atom. The number of nitrogens with two attached hydrogens (primary N) is 1. The van der Waals surface area contributed by atoms with Gasteiger partial charge in [-0.15, -0.1) is 0 Å². The van der Waals surface area contributed by atoms with Crippen molar-refractivity contribution in [2.45, 2.75) is 70.1 Å². The first-order valence-electron chi connectivity index (χ1n) is 21.9. The summed E-state index contributed by atoms with van der Waals surface area (Å²) in [4.78, 5) is 21.0. The van der Waals surface area contributed by atoms with Crippen LogP contribution in [-0.2, 0) is 24.8 Å². The standard InChI is InChI=1S/C25H30ClN3O3S.C23H28ClN3O2S/c1-17(30)27-11-3-5-19-15-20-16-21(26)7-8-22(20)24(25-23(19)6-4-12-28-25)18-9-13-29(14-10-18)33(2,31)32;1-30(28,29)27-12-8-16(9-13-27)22-20-7-6-19(24)15-18(20)14-17(4-2-10-25)21-5-3-11-26-23(21)22/h4,6-8,12,15-16,18,24H,3,5,9-11,13-14H2,1-2H3,(H,27,30);3,5-7,11,14-16,22H,2,4,8-10,12-13,25H2,1H3. The summed E-state index contributed by atoms with van der Waals surface area (Å²) in [6, 6.07) is 20.4. The number of amides is 1. The molecule has 2 atom stereocenters. The number of sulfonamides is 2. The number of rotatable bonds is 11. The van der Waals surface area contributed by atoms with Gasteiger partial charge in [0.15, 0.2) is 0 Å². The summed E-state index contributed by atoms with van der Waals surface area (Å²) in [6.07, 6.45) is 17.4. The quantitative estimate of drug-likeness (QED) is 0.142. The first-order valence-corrected chi connectivity index (χ1v) is 26.3. The van der Waals surface area contributed by atoms with E-state index in [-0.39, 0.29) is 23.7 Å². The highest BCUT2D eigenvalue weighted by atomic mass is 35.5. The average molecular weight is 934 g/mol. The zero-order valence-corrected chi connectivity index (χ0v) is 39.4. The van der Waals surface area contributed by atoms with Crippen LogP contribution in [0.4, 0.5) is 0 Å². The molecule has 8 rings (SSSR count). The Bertz CT molecular complexity index is 2590. The van der Waals surface area contributed by atoms with Crippen molar-refractivity contribution >= 4 is 72.5 Å². The second-order valence-corrected chi connectivity index (χ2v) is 22.0. The zero-order valence-electron chi connectivity index (χ0n) is 36.3. The maximum atomic E-state index is 12.0. The van der Waals surface area contributed by atoms with Crippen molar-refractivity contribution in [1.82, 2.24) is 23.9 Å². The minimum absolute atomic E-state index is 0.0236. The normalized spacial score (nSPS) is 19.7. The fourth-order valence-corrected chi connectivity index (χ4v) is 12.0. The van der Waals surface area contributed by atoms with Gasteiger partial charge in [-0.25, -0.2) is 25.4 Å². The Balaban J connectivity index is 0.000000190. The summed E-state index contributed by atoms with van der Waals surface area (Å²) in [7, 11) is -6.34. The summed E-state index contributed by atoms with van der Waals surface area (Å²) in [5.41, 5.74) is 17.3. The Kier molecular flexibility index (Phi) is 15.3. The first-order chi connectivity index (χ1) is 30.1. The lowest BCUT2D eigenvalue weighted by molar-refractivity contribution is -0.118. The number of pyridine rings is 2. The minimum atomic E-state index is -3.18. The first kappa shape index (κ1) is 47.0. The van der Waals surface area contributed by atoms with Crippen molar-refractivity contribution in [2.75, 3.05) is 51.8 Å². The van der Waals surface area contributed by atoms with Crippen LogP contribution in [0, 0.1) is 11.8 Å². The van der Waals surface area contributed by atoms with Crippen LogP contribution in [-0.4, -0.2) is 93.1 Å². The number of allylic oxidation sites excluding steroid dienone is 2. The number of benzene rings is 2. The van der Waals surface area contributed by atoms with Crippen LogP contribution in [0.1, 0.15) is 115 Å². The van der Waals surface area contributed by atoms with Crippen LogP contribution in [0.3, 0.4) is 0 Å². The van der Waals surface area contributed by atoms with Crippen LogP contribution in [0.25, 0.3) is 23.3 Å². The van der Waals surface area contributed by atoms with E-state index in [9.17, 15) is 21.6 Å². The molecule has 11 nitrogen and oxygen atoms in total. The van der Waals surface area contributed by atoms with E-state index in [0.29, 0.717) is 55.2 Å². The van der Waals surface area contributed by atoms with Crippen molar-refractivity contribution in [2.24, 2.45) is 17.6 Å². The number of nitrogens with one attached hydrogen (secondary N) is 1. The van der Waals surface area contributed by atoms with E-state index in [4.69, 9.17) is 38.9 Å². The third-order valence-electron chi connectivity index (χ3n) is 12.9. The molecule has 0 saturated carbocycles. The van der Waals surface area contributed by atoms with Crippen molar-refractivity contribution in [3.05, 3.63) is 128 Å². The van der Waals surface area contributed by atoms with E-state index < -0.39 is 20.0 Å². The fraction of sp³-hybridized carbons (Fsp3) is 0.438. The lowest BCUT2D eigenvalue weighted by Crippen LogP contribution is -2.39. The van der Waals surface area contributed by atoms with Gasteiger partial charge in [-0.1, -0.05) is 59.6 Å². The van der Waals surface area contributed by atoms with Gasteiger partial charge in [0, 0.05) is 73.9 Å².